The predicted octanol–water partition coefficient (Wildman–Crippen LogP) is 1.88. The number of carbonyl (C=O) groups excluding carboxylic acids is 1. The molecular formula is C16H16N4O. The summed E-state index contributed by atoms with van der Waals surface area (Å²) < 4.78 is 0. The number of carbonyl (C=O) groups is 1. The standard InChI is InChI=1S/C16H16N4O/c1-20(14-6-2-11(9-17)3-7-14)10-13-5-4-12(16(19)21)8-15(13)18/h2-8H,10,18H2,1H3,(H2,19,21). The molecule has 0 spiro atoms. The van der Waals surface area contributed by atoms with E-state index in [1.165, 1.54) is 0 Å². The molecule has 106 valence electrons. The van der Waals surface area contributed by atoms with Gasteiger partial charge in [-0.1, -0.05) is 6.07 Å². The van der Waals surface area contributed by atoms with Crippen LogP contribution in [0.15, 0.2) is 42.5 Å². The van der Waals surface area contributed by atoms with E-state index in [1.54, 1.807) is 30.3 Å². The Balaban J connectivity index is 2.17. The number of nitrogens with two attached hydrogens (primary N) is 2. The second kappa shape index (κ2) is 5.97. The van der Waals surface area contributed by atoms with Crippen LogP contribution in [0, 0.1) is 11.3 Å². The molecule has 5 nitrogen and oxygen atoms in total. The van der Waals surface area contributed by atoms with Crippen molar-refractivity contribution in [3.05, 3.63) is 59.2 Å². The highest BCUT2D eigenvalue weighted by Gasteiger charge is 2.08. The molecule has 21 heavy (non-hydrogen) atoms. The van der Waals surface area contributed by atoms with Crippen molar-refractivity contribution in [3.63, 3.8) is 0 Å². The summed E-state index contributed by atoms with van der Waals surface area (Å²) in [5, 5.41) is 8.79. The third-order valence-electron chi connectivity index (χ3n) is 3.28. The highest BCUT2D eigenvalue weighted by Crippen LogP contribution is 2.20. The first-order valence-electron chi connectivity index (χ1n) is 6.41. The third kappa shape index (κ3) is 3.31. The number of nitriles is 1. The molecule has 2 rings (SSSR count). The molecule has 0 aromatic heterocycles. The van der Waals surface area contributed by atoms with Gasteiger partial charge >= 0.3 is 0 Å². The molecule has 0 heterocycles. The zero-order valence-electron chi connectivity index (χ0n) is 11.7. The molecule has 5 heteroatoms. The maximum atomic E-state index is 11.1. The Hall–Kier alpha value is -3.00. The molecule has 0 radical (unpaired) electrons. The lowest BCUT2D eigenvalue weighted by Crippen LogP contribution is -2.18. The maximum absolute atomic E-state index is 11.1. The summed E-state index contributed by atoms with van der Waals surface area (Å²) in [6.07, 6.45) is 0. The number of benzene rings is 2. The Morgan fingerprint density at radius 2 is 1.90 bits per heavy atom. The summed E-state index contributed by atoms with van der Waals surface area (Å²) in [5.74, 6) is -0.492. The number of amides is 1. The predicted molar refractivity (Wildman–Crippen MR) is 82.6 cm³/mol. The highest BCUT2D eigenvalue weighted by atomic mass is 16.1. The van der Waals surface area contributed by atoms with Gasteiger partial charge in [-0.3, -0.25) is 4.79 Å². The number of nitrogen functional groups attached to an aromatic ring is 1. The zero-order valence-corrected chi connectivity index (χ0v) is 11.7. The maximum Gasteiger partial charge on any atom is 0.248 e. The lowest BCUT2D eigenvalue weighted by molar-refractivity contribution is 0.100. The van der Waals surface area contributed by atoms with Crippen LogP contribution in [0.2, 0.25) is 0 Å². The average Bonchev–Trinajstić information content (AvgIpc) is 2.49. The highest BCUT2D eigenvalue weighted by molar-refractivity contribution is 5.93. The molecule has 0 aliphatic rings. The van der Waals surface area contributed by atoms with E-state index in [9.17, 15) is 4.79 Å². The Bertz CT molecular complexity index is 701. The van der Waals surface area contributed by atoms with Crippen molar-refractivity contribution in [3.8, 4) is 6.07 Å². The molecule has 2 aromatic rings. The minimum absolute atomic E-state index is 0.400. The van der Waals surface area contributed by atoms with Crippen molar-refractivity contribution in [2.45, 2.75) is 6.54 Å². The minimum Gasteiger partial charge on any atom is -0.398 e. The smallest absolute Gasteiger partial charge is 0.248 e. The molecule has 0 saturated heterocycles. The first-order valence-corrected chi connectivity index (χ1v) is 6.41. The molecule has 0 aliphatic carbocycles. The van der Waals surface area contributed by atoms with Crippen molar-refractivity contribution < 1.29 is 4.79 Å². The second-order valence-corrected chi connectivity index (χ2v) is 4.79. The Kier molecular flexibility index (Phi) is 4.10. The molecule has 0 atom stereocenters. The Labute approximate surface area is 123 Å². The number of nitrogens with zero attached hydrogens (tertiary/aromatic N) is 2. The Morgan fingerprint density at radius 1 is 1.24 bits per heavy atom. The van der Waals surface area contributed by atoms with Gasteiger partial charge < -0.3 is 16.4 Å². The number of anilines is 2. The summed E-state index contributed by atoms with van der Waals surface area (Å²) in [6.45, 7) is 0.594. The summed E-state index contributed by atoms with van der Waals surface area (Å²) in [7, 11) is 1.93. The van der Waals surface area contributed by atoms with E-state index in [0.29, 0.717) is 23.4 Å². The van der Waals surface area contributed by atoms with E-state index in [4.69, 9.17) is 16.7 Å². The first-order chi connectivity index (χ1) is 10.0. The van der Waals surface area contributed by atoms with Gasteiger partial charge in [0.25, 0.3) is 0 Å². The van der Waals surface area contributed by atoms with Gasteiger partial charge in [0.1, 0.15) is 0 Å². The fraction of sp³-hybridized carbons (Fsp3) is 0.125. The van der Waals surface area contributed by atoms with Crippen LogP contribution >= 0.6 is 0 Å². The number of hydrogen-bond donors (Lipinski definition) is 2. The van der Waals surface area contributed by atoms with Crippen molar-refractivity contribution in [2.75, 3.05) is 17.7 Å². The topological polar surface area (TPSA) is 96.1 Å². The van der Waals surface area contributed by atoms with Gasteiger partial charge in [0.05, 0.1) is 11.6 Å². The Morgan fingerprint density at radius 3 is 2.43 bits per heavy atom. The second-order valence-electron chi connectivity index (χ2n) is 4.79. The molecule has 0 fully saturated rings. The van der Waals surface area contributed by atoms with Crippen LogP contribution in [-0.4, -0.2) is 13.0 Å². The first kappa shape index (κ1) is 14.4. The minimum atomic E-state index is -0.492. The van der Waals surface area contributed by atoms with Crippen LogP contribution < -0.4 is 16.4 Å². The third-order valence-corrected chi connectivity index (χ3v) is 3.28. The molecule has 0 unspecified atom stereocenters. The molecular weight excluding hydrogens is 264 g/mol. The van der Waals surface area contributed by atoms with E-state index < -0.39 is 5.91 Å². The van der Waals surface area contributed by atoms with Crippen LogP contribution in [0.25, 0.3) is 0 Å². The van der Waals surface area contributed by atoms with Crippen molar-refractivity contribution >= 4 is 17.3 Å². The van der Waals surface area contributed by atoms with Gasteiger partial charge in [0, 0.05) is 30.5 Å². The number of hydrogen-bond acceptors (Lipinski definition) is 4. The molecule has 0 aliphatic heterocycles. The fourth-order valence-corrected chi connectivity index (χ4v) is 2.03. The summed E-state index contributed by atoms with van der Waals surface area (Å²) in [5.41, 5.74) is 14.6. The molecule has 0 bridgehead atoms. The summed E-state index contributed by atoms with van der Waals surface area (Å²) >= 11 is 0. The number of rotatable bonds is 4. The normalized spacial score (nSPS) is 9.90. The quantitative estimate of drug-likeness (QED) is 0.836. The van der Waals surface area contributed by atoms with Crippen LogP contribution in [-0.2, 0) is 6.54 Å². The van der Waals surface area contributed by atoms with Crippen LogP contribution in [0.5, 0.6) is 0 Å². The summed E-state index contributed by atoms with van der Waals surface area (Å²) in [4.78, 5) is 13.1. The molecule has 0 saturated carbocycles. The molecule has 1 amide bonds. The lowest BCUT2D eigenvalue weighted by atomic mass is 10.1. The van der Waals surface area contributed by atoms with Gasteiger partial charge in [-0.2, -0.15) is 5.26 Å². The van der Waals surface area contributed by atoms with E-state index in [-0.39, 0.29) is 0 Å². The monoisotopic (exact) mass is 280 g/mol. The van der Waals surface area contributed by atoms with E-state index in [0.717, 1.165) is 11.3 Å². The summed E-state index contributed by atoms with van der Waals surface area (Å²) in [6, 6.07) is 14.4. The van der Waals surface area contributed by atoms with Crippen molar-refractivity contribution in [1.82, 2.24) is 0 Å². The fourth-order valence-electron chi connectivity index (χ4n) is 2.03. The number of primary amides is 1. The van der Waals surface area contributed by atoms with E-state index in [2.05, 4.69) is 6.07 Å². The zero-order chi connectivity index (χ0) is 15.4. The van der Waals surface area contributed by atoms with E-state index >= 15 is 0 Å². The van der Waals surface area contributed by atoms with Gasteiger partial charge in [-0.05, 0) is 42.0 Å². The van der Waals surface area contributed by atoms with Gasteiger partial charge in [0.15, 0.2) is 0 Å². The lowest BCUT2D eigenvalue weighted by Gasteiger charge is -2.20. The van der Waals surface area contributed by atoms with Gasteiger partial charge in [0.2, 0.25) is 5.91 Å². The SMILES string of the molecule is CN(Cc1ccc(C(N)=O)cc1N)c1ccc(C#N)cc1. The molecule has 4 N–H and O–H groups in total. The van der Waals surface area contributed by atoms with Gasteiger partial charge in [-0.15, -0.1) is 0 Å². The van der Waals surface area contributed by atoms with Crippen LogP contribution in [0.3, 0.4) is 0 Å². The molecule has 2 aromatic carbocycles. The average molecular weight is 280 g/mol. The van der Waals surface area contributed by atoms with Crippen LogP contribution in [0.4, 0.5) is 11.4 Å². The van der Waals surface area contributed by atoms with Crippen molar-refractivity contribution in [2.24, 2.45) is 5.73 Å². The largest absolute Gasteiger partial charge is 0.398 e. The van der Waals surface area contributed by atoms with Crippen molar-refractivity contribution in [1.29, 1.82) is 5.26 Å². The van der Waals surface area contributed by atoms with E-state index in [1.807, 2.05) is 24.1 Å². The van der Waals surface area contributed by atoms with Gasteiger partial charge in [-0.25, -0.2) is 0 Å². The van der Waals surface area contributed by atoms with Crippen LogP contribution in [0.1, 0.15) is 21.5 Å².